The van der Waals surface area contributed by atoms with Gasteiger partial charge in [0.1, 0.15) is 0 Å². The van der Waals surface area contributed by atoms with Gasteiger partial charge in [0.15, 0.2) is 7.98 Å². The van der Waals surface area contributed by atoms with Crippen LogP contribution in [0, 0.1) is 0 Å². The van der Waals surface area contributed by atoms with Crippen LogP contribution >= 0.6 is 12.5 Å². The SMILES string of the molecule is [B]NC[B]S. The van der Waals surface area contributed by atoms with Gasteiger partial charge in [-0.1, -0.05) is 0 Å². The van der Waals surface area contributed by atoms with Crippen LogP contribution < -0.4 is 5.23 Å². The van der Waals surface area contributed by atoms with Gasteiger partial charge in [-0.25, -0.2) is 12.5 Å². The summed E-state index contributed by atoms with van der Waals surface area (Å²) in [5, 5.41) is 2.39. The van der Waals surface area contributed by atoms with E-state index in [2.05, 4.69) is 17.7 Å². The highest BCUT2D eigenvalue weighted by molar-refractivity contribution is 8.06. The first-order valence-corrected chi connectivity index (χ1v) is 1.83. The van der Waals surface area contributed by atoms with E-state index in [-0.39, 0.29) is 0 Å². The fourth-order valence-corrected chi connectivity index (χ4v) is 0.158. The predicted octanol–water partition coefficient (Wildman–Crippen LogP) is -0.834. The first-order chi connectivity index (χ1) is 2.41. The number of rotatable bonds is 2. The highest BCUT2D eigenvalue weighted by Gasteiger charge is 1.70. The Morgan fingerprint density at radius 3 is 2.60 bits per heavy atom. The van der Waals surface area contributed by atoms with Crippen LogP contribution in [0.4, 0.5) is 0 Å². The van der Waals surface area contributed by atoms with E-state index in [9.17, 15) is 0 Å². The molecule has 1 N–H and O–H groups in total. The summed E-state index contributed by atoms with van der Waals surface area (Å²) in [7, 11) is 4.81. The zero-order chi connectivity index (χ0) is 4.12. The first-order valence-electron chi connectivity index (χ1n) is 1.31. The minimum Gasteiger partial charge on any atom is -0.372 e. The fourth-order valence-electron chi connectivity index (χ4n) is 0.0527. The molecule has 0 aliphatic rings. The van der Waals surface area contributed by atoms with Gasteiger partial charge < -0.3 is 5.23 Å². The molecule has 5 heavy (non-hydrogen) atoms. The number of nitrogens with one attached hydrogen (secondary N) is 1. The summed E-state index contributed by atoms with van der Waals surface area (Å²) in [6.07, 6.45) is 0.656. The molecule has 0 aromatic carbocycles. The van der Waals surface area contributed by atoms with Gasteiger partial charge in [-0.2, -0.15) is 0 Å². The van der Waals surface area contributed by atoms with E-state index in [4.69, 9.17) is 7.98 Å². The van der Waals surface area contributed by atoms with Crippen molar-refractivity contribution < 1.29 is 0 Å². The van der Waals surface area contributed by atoms with Crippen molar-refractivity contribution in [1.82, 2.24) is 5.23 Å². The lowest BCUT2D eigenvalue weighted by atomic mass is 10.1. The van der Waals surface area contributed by atoms with Crippen LogP contribution in [0.2, 0.25) is 0 Å². The molecule has 0 atom stereocenters. The van der Waals surface area contributed by atoms with Crippen LogP contribution in [0.25, 0.3) is 0 Å². The van der Waals surface area contributed by atoms with E-state index >= 15 is 0 Å². The Labute approximate surface area is 39.5 Å². The largest absolute Gasteiger partial charge is 0.372 e. The molecule has 0 heterocycles. The maximum absolute atomic E-state index is 4.81. The molecule has 0 spiro atoms. The zero-order valence-electron chi connectivity index (χ0n) is 2.81. The molecule has 4 heteroatoms. The molecule has 0 unspecified atom stereocenters. The number of thiol groups is 1. The van der Waals surface area contributed by atoms with Gasteiger partial charge in [-0.15, -0.1) is 0 Å². The molecular formula is CH4B2NS. The van der Waals surface area contributed by atoms with Crippen molar-refractivity contribution in [1.29, 1.82) is 0 Å². The Hall–Kier alpha value is 0.440. The lowest BCUT2D eigenvalue weighted by Gasteiger charge is -1.82. The third-order valence-electron chi connectivity index (χ3n) is 0.209. The zero-order valence-corrected chi connectivity index (χ0v) is 3.70. The quantitative estimate of drug-likeness (QED) is 0.328. The first kappa shape index (κ1) is 5.44. The Morgan fingerprint density at radius 1 is 2.00 bits per heavy atom. The average Bonchev–Trinajstić information content (AvgIpc) is 1.41. The minimum absolute atomic E-state index is 0.656. The van der Waals surface area contributed by atoms with Crippen LogP contribution in [-0.2, 0) is 0 Å². The Kier molecular flexibility index (Phi) is 4.83. The summed E-state index contributed by atoms with van der Waals surface area (Å²) in [5.74, 6) is 0. The highest BCUT2D eigenvalue weighted by Crippen LogP contribution is 1.56. The summed E-state index contributed by atoms with van der Waals surface area (Å²) >= 11 is 3.73. The predicted molar refractivity (Wildman–Crippen MR) is 28.5 cm³/mol. The molecule has 0 saturated heterocycles. The van der Waals surface area contributed by atoms with Gasteiger partial charge in [0.05, 0.1) is 0 Å². The molecule has 0 aromatic heterocycles. The standard InChI is InChI=1S/CH4B2NS/c2-4-1-3-5/h4-5H,1H2. The van der Waals surface area contributed by atoms with Crippen molar-refractivity contribution in [3.8, 4) is 0 Å². The molecule has 0 aliphatic heterocycles. The normalized spacial score (nSPS) is 7.40. The summed E-state index contributed by atoms with van der Waals surface area (Å²) in [6, 6.07) is 0. The fraction of sp³-hybridized carbons (Fsp3) is 1.00. The van der Waals surface area contributed by atoms with E-state index < -0.39 is 0 Å². The highest BCUT2D eigenvalue weighted by atomic mass is 32.1. The molecule has 0 aromatic rings. The number of hydrogen-bond donors (Lipinski definition) is 2. The lowest BCUT2D eigenvalue weighted by Crippen LogP contribution is -2.12. The molecule has 0 aliphatic carbocycles. The van der Waals surface area contributed by atoms with Crippen molar-refractivity contribution in [3.63, 3.8) is 0 Å². The maximum atomic E-state index is 4.81. The van der Waals surface area contributed by atoms with E-state index in [1.165, 1.54) is 0 Å². The van der Waals surface area contributed by atoms with Gasteiger partial charge >= 0.3 is 0 Å². The van der Waals surface area contributed by atoms with Gasteiger partial charge in [0, 0.05) is 0 Å². The van der Waals surface area contributed by atoms with Gasteiger partial charge in [0.25, 0.3) is 0 Å². The average molecular weight is 83.7 g/mol. The molecule has 0 amide bonds. The van der Waals surface area contributed by atoms with Crippen molar-refractivity contribution in [2.75, 3.05) is 6.44 Å². The van der Waals surface area contributed by atoms with Crippen molar-refractivity contribution >= 4 is 27.0 Å². The van der Waals surface area contributed by atoms with E-state index in [1.807, 2.05) is 0 Å². The second-order valence-electron chi connectivity index (χ2n) is 0.591. The summed E-state index contributed by atoms with van der Waals surface area (Å²) in [4.78, 5) is 0. The minimum atomic E-state index is 0.656. The van der Waals surface area contributed by atoms with Crippen molar-refractivity contribution in [2.45, 2.75) is 0 Å². The van der Waals surface area contributed by atoms with Crippen LogP contribution in [0.15, 0.2) is 0 Å². The van der Waals surface area contributed by atoms with Crippen LogP contribution in [0.1, 0.15) is 0 Å². The summed E-state index contributed by atoms with van der Waals surface area (Å²) in [5.41, 5.74) is 0. The molecule has 0 rings (SSSR count). The molecular weight excluding hydrogens is 79.7 g/mol. The molecule has 3 radical (unpaired) electrons. The van der Waals surface area contributed by atoms with E-state index in [0.29, 0.717) is 6.44 Å². The summed E-state index contributed by atoms with van der Waals surface area (Å²) < 4.78 is 0. The Bertz CT molecular complexity index is 17.1. The van der Waals surface area contributed by atoms with E-state index in [0.717, 1.165) is 0 Å². The Morgan fingerprint density at radius 2 is 2.60 bits per heavy atom. The van der Waals surface area contributed by atoms with E-state index in [1.54, 1.807) is 6.56 Å². The van der Waals surface area contributed by atoms with Gasteiger partial charge in [-0.05, 0) is 6.44 Å². The summed E-state index contributed by atoms with van der Waals surface area (Å²) in [6.45, 7) is 1.64. The topological polar surface area (TPSA) is 12.0 Å². The van der Waals surface area contributed by atoms with Crippen molar-refractivity contribution in [2.24, 2.45) is 0 Å². The molecule has 1 nitrogen and oxygen atoms in total. The lowest BCUT2D eigenvalue weighted by molar-refractivity contribution is 1.20. The number of hydrogen-bond acceptors (Lipinski definition) is 2. The third-order valence-corrected chi connectivity index (χ3v) is 0.392. The third kappa shape index (κ3) is 4.44. The monoisotopic (exact) mass is 84.0 g/mol. The smallest absolute Gasteiger partial charge is 0.201 e. The van der Waals surface area contributed by atoms with Crippen LogP contribution in [-0.4, -0.2) is 21.0 Å². The van der Waals surface area contributed by atoms with Crippen molar-refractivity contribution in [3.05, 3.63) is 0 Å². The maximum Gasteiger partial charge on any atom is 0.201 e. The van der Waals surface area contributed by atoms with Gasteiger partial charge in [-0.3, -0.25) is 0 Å². The van der Waals surface area contributed by atoms with Gasteiger partial charge in [0.2, 0.25) is 6.56 Å². The second-order valence-corrected chi connectivity index (χ2v) is 0.956. The molecule has 0 fully saturated rings. The van der Waals surface area contributed by atoms with Crippen LogP contribution in [0.5, 0.6) is 0 Å². The molecule has 25 valence electrons. The molecule has 0 saturated carbocycles. The van der Waals surface area contributed by atoms with Crippen LogP contribution in [0.3, 0.4) is 0 Å². The second kappa shape index (κ2) is 4.44. The Balaban J connectivity index is 2.19. The molecule has 0 bridgehead atoms.